The minimum Gasteiger partial charge on any atom is -0.493 e. The highest BCUT2D eigenvalue weighted by molar-refractivity contribution is 5.98. The van der Waals surface area contributed by atoms with Crippen LogP contribution in [0, 0.1) is 5.92 Å². The molecule has 6 nitrogen and oxygen atoms in total. The molecule has 126 valence electrons. The Labute approximate surface area is 135 Å². The molecule has 1 aliphatic carbocycles. The summed E-state index contributed by atoms with van der Waals surface area (Å²) < 4.78 is 10.5. The van der Waals surface area contributed by atoms with Crippen LogP contribution < -0.4 is 14.8 Å². The number of rotatable bonds is 5. The van der Waals surface area contributed by atoms with Crippen molar-refractivity contribution in [3.05, 3.63) is 23.8 Å². The van der Waals surface area contributed by atoms with Crippen molar-refractivity contribution in [3.8, 4) is 11.5 Å². The summed E-state index contributed by atoms with van der Waals surface area (Å²) in [5.41, 5.74) is 0.347. The fourth-order valence-corrected chi connectivity index (χ4v) is 3.09. The van der Waals surface area contributed by atoms with E-state index in [4.69, 9.17) is 9.47 Å². The normalized spacial score (nSPS) is 21.1. The van der Waals surface area contributed by atoms with Crippen molar-refractivity contribution in [2.45, 2.75) is 38.1 Å². The molecule has 1 aromatic carbocycles. The predicted octanol–water partition coefficient (Wildman–Crippen LogP) is 2.47. The average Bonchev–Trinajstić information content (AvgIpc) is 2.79. The first kappa shape index (κ1) is 17.1. The van der Waals surface area contributed by atoms with Gasteiger partial charge in [-0.2, -0.15) is 0 Å². The van der Waals surface area contributed by atoms with Gasteiger partial charge in [0.2, 0.25) is 0 Å². The van der Waals surface area contributed by atoms with Crippen LogP contribution in [0.3, 0.4) is 0 Å². The van der Waals surface area contributed by atoms with Crippen LogP contribution >= 0.6 is 0 Å². The van der Waals surface area contributed by atoms with Gasteiger partial charge in [-0.25, -0.2) is 0 Å². The lowest BCUT2D eigenvalue weighted by Gasteiger charge is -2.23. The molecule has 0 bridgehead atoms. The molecule has 6 heteroatoms. The number of aliphatic carboxylic acids is 1. The third-order valence-corrected chi connectivity index (χ3v) is 4.30. The van der Waals surface area contributed by atoms with Crippen molar-refractivity contribution >= 4 is 11.9 Å². The molecule has 2 N–H and O–H groups in total. The molecular weight excluding hydrogens is 298 g/mol. The third-order valence-electron chi connectivity index (χ3n) is 4.30. The Bertz CT molecular complexity index is 572. The second-order valence-corrected chi connectivity index (χ2v) is 5.70. The summed E-state index contributed by atoms with van der Waals surface area (Å²) in [5.74, 6) is -0.907. The fourth-order valence-electron chi connectivity index (χ4n) is 3.09. The second-order valence-electron chi connectivity index (χ2n) is 5.70. The van der Waals surface area contributed by atoms with Gasteiger partial charge in [-0.15, -0.1) is 0 Å². The predicted molar refractivity (Wildman–Crippen MR) is 85.0 cm³/mol. The molecule has 2 rings (SSSR count). The van der Waals surface area contributed by atoms with Crippen molar-refractivity contribution < 1.29 is 24.2 Å². The van der Waals surface area contributed by atoms with Crippen LogP contribution in [0.25, 0.3) is 0 Å². The number of para-hydroxylation sites is 1. The van der Waals surface area contributed by atoms with E-state index in [1.807, 2.05) is 0 Å². The average molecular weight is 321 g/mol. The zero-order chi connectivity index (χ0) is 16.8. The van der Waals surface area contributed by atoms with Gasteiger partial charge in [0.1, 0.15) is 0 Å². The molecule has 0 spiro atoms. The van der Waals surface area contributed by atoms with Crippen LogP contribution in [-0.4, -0.2) is 37.2 Å². The number of hydrogen-bond donors (Lipinski definition) is 2. The number of amides is 1. The number of carboxylic acid groups (broad SMARTS) is 1. The van der Waals surface area contributed by atoms with Gasteiger partial charge < -0.3 is 19.9 Å². The summed E-state index contributed by atoms with van der Waals surface area (Å²) in [6.45, 7) is 0. The third kappa shape index (κ3) is 3.94. The summed E-state index contributed by atoms with van der Waals surface area (Å²) in [6.07, 6.45) is 4.07. The number of carbonyl (C=O) groups is 2. The van der Waals surface area contributed by atoms with Gasteiger partial charge in [-0.1, -0.05) is 25.3 Å². The van der Waals surface area contributed by atoms with E-state index in [1.165, 1.54) is 14.2 Å². The topological polar surface area (TPSA) is 84.9 Å². The van der Waals surface area contributed by atoms with Crippen molar-refractivity contribution in [1.82, 2.24) is 5.32 Å². The lowest BCUT2D eigenvalue weighted by molar-refractivity contribution is -0.142. The van der Waals surface area contributed by atoms with Crippen LogP contribution in [-0.2, 0) is 4.79 Å². The second kappa shape index (κ2) is 7.85. The van der Waals surface area contributed by atoms with E-state index in [0.29, 0.717) is 29.9 Å². The maximum atomic E-state index is 12.6. The molecule has 0 aromatic heterocycles. The lowest BCUT2D eigenvalue weighted by Crippen LogP contribution is -2.42. The van der Waals surface area contributed by atoms with E-state index < -0.39 is 11.9 Å². The molecule has 2 atom stereocenters. The van der Waals surface area contributed by atoms with Crippen LogP contribution in [0.15, 0.2) is 18.2 Å². The van der Waals surface area contributed by atoms with Crippen LogP contribution in [0.2, 0.25) is 0 Å². The van der Waals surface area contributed by atoms with Crippen LogP contribution in [0.5, 0.6) is 11.5 Å². The number of methoxy groups -OCH3 is 2. The van der Waals surface area contributed by atoms with Gasteiger partial charge in [-0.05, 0) is 25.0 Å². The van der Waals surface area contributed by atoms with Gasteiger partial charge in [0.25, 0.3) is 5.91 Å². The first-order valence-electron chi connectivity index (χ1n) is 7.83. The van der Waals surface area contributed by atoms with E-state index in [2.05, 4.69) is 5.32 Å². The van der Waals surface area contributed by atoms with Gasteiger partial charge in [0.05, 0.1) is 25.7 Å². The molecule has 1 amide bonds. The Hall–Kier alpha value is -2.24. The van der Waals surface area contributed by atoms with Crippen molar-refractivity contribution in [2.24, 2.45) is 5.92 Å². The summed E-state index contributed by atoms with van der Waals surface area (Å²) in [4.78, 5) is 24.1. The first-order chi connectivity index (χ1) is 11.1. The smallest absolute Gasteiger partial charge is 0.308 e. The molecule has 1 saturated carbocycles. The number of nitrogens with one attached hydrogen (secondary N) is 1. The largest absolute Gasteiger partial charge is 0.493 e. The number of ether oxygens (including phenoxy) is 2. The first-order valence-corrected chi connectivity index (χ1v) is 7.83. The molecule has 0 unspecified atom stereocenters. The number of carboxylic acids is 1. The van der Waals surface area contributed by atoms with Gasteiger partial charge in [0.15, 0.2) is 11.5 Å². The molecule has 0 saturated heterocycles. The number of carbonyl (C=O) groups excluding carboxylic acids is 1. The summed E-state index contributed by atoms with van der Waals surface area (Å²) in [7, 11) is 2.98. The van der Waals surface area contributed by atoms with Crippen LogP contribution in [0.1, 0.15) is 42.5 Å². The number of benzene rings is 1. The molecule has 23 heavy (non-hydrogen) atoms. The molecule has 1 aliphatic rings. The highest BCUT2D eigenvalue weighted by Crippen LogP contribution is 2.31. The molecule has 0 heterocycles. The van der Waals surface area contributed by atoms with E-state index in [1.54, 1.807) is 18.2 Å². The SMILES string of the molecule is COc1cccc(C(=O)N[C@H]2CCCCC[C@H]2C(=O)O)c1OC. The zero-order valence-electron chi connectivity index (χ0n) is 13.5. The van der Waals surface area contributed by atoms with E-state index in [0.717, 1.165) is 19.3 Å². The Morgan fingerprint density at radius 1 is 1.13 bits per heavy atom. The fraction of sp³-hybridized carbons (Fsp3) is 0.529. The molecule has 0 aliphatic heterocycles. The standard InChI is InChI=1S/C17H23NO5/c1-22-14-10-6-8-12(15(14)23-2)16(19)18-13-9-5-3-4-7-11(13)17(20)21/h6,8,10-11,13H,3-5,7,9H2,1-2H3,(H,18,19)(H,20,21)/t11-,13+/m1/s1. The molecular formula is C17H23NO5. The maximum Gasteiger partial charge on any atom is 0.308 e. The maximum absolute atomic E-state index is 12.6. The monoisotopic (exact) mass is 321 g/mol. The van der Waals surface area contributed by atoms with Gasteiger partial charge in [-0.3, -0.25) is 9.59 Å². The summed E-state index contributed by atoms with van der Waals surface area (Å²) >= 11 is 0. The van der Waals surface area contributed by atoms with E-state index in [9.17, 15) is 14.7 Å². The van der Waals surface area contributed by atoms with E-state index in [-0.39, 0.29) is 11.9 Å². The van der Waals surface area contributed by atoms with E-state index >= 15 is 0 Å². The minimum atomic E-state index is -0.852. The van der Waals surface area contributed by atoms with Gasteiger partial charge in [0, 0.05) is 6.04 Å². The minimum absolute atomic E-state index is 0.334. The molecule has 1 fully saturated rings. The highest BCUT2D eigenvalue weighted by atomic mass is 16.5. The Balaban J connectivity index is 2.21. The quantitative estimate of drug-likeness (QED) is 0.814. The zero-order valence-corrected chi connectivity index (χ0v) is 13.5. The summed E-state index contributed by atoms with van der Waals surface area (Å²) in [5, 5.41) is 12.3. The highest BCUT2D eigenvalue weighted by Gasteiger charge is 2.31. The Morgan fingerprint density at radius 2 is 1.87 bits per heavy atom. The summed E-state index contributed by atoms with van der Waals surface area (Å²) in [6, 6.07) is 4.70. The van der Waals surface area contributed by atoms with Gasteiger partial charge >= 0.3 is 5.97 Å². The lowest BCUT2D eigenvalue weighted by atomic mass is 9.94. The number of hydrogen-bond acceptors (Lipinski definition) is 4. The Morgan fingerprint density at radius 3 is 2.52 bits per heavy atom. The molecule has 1 aromatic rings. The Kier molecular flexibility index (Phi) is 5.84. The van der Waals surface area contributed by atoms with Crippen LogP contribution in [0.4, 0.5) is 0 Å². The van der Waals surface area contributed by atoms with Crippen molar-refractivity contribution in [3.63, 3.8) is 0 Å². The van der Waals surface area contributed by atoms with Crippen molar-refractivity contribution in [2.75, 3.05) is 14.2 Å². The van der Waals surface area contributed by atoms with Crippen molar-refractivity contribution in [1.29, 1.82) is 0 Å². The molecule has 0 radical (unpaired) electrons.